The second kappa shape index (κ2) is 6.20. The second-order valence-corrected chi connectivity index (χ2v) is 5.53. The van der Waals surface area contributed by atoms with E-state index in [0.717, 1.165) is 11.3 Å². The van der Waals surface area contributed by atoms with E-state index in [-0.39, 0.29) is 6.04 Å². The van der Waals surface area contributed by atoms with Crippen molar-refractivity contribution in [3.8, 4) is 5.75 Å². The molecule has 0 bridgehead atoms. The molecule has 1 aromatic heterocycles. The monoisotopic (exact) mass is 282 g/mol. The van der Waals surface area contributed by atoms with E-state index >= 15 is 0 Å². The summed E-state index contributed by atoms with van der Waals surface area (Å²) in [4.78, 5) is 1.26. The Balaban J connectivity index is 1.99. The Morgan fingerprint density at radius 2 is 2.28 bits per heavy atom. The Hall–Kier alpha value is -1.07. The number of rotatable bonds is 5. The third kappa shape index (κ3) is 3.46. The van der Waals surface area contributed by atoms with Gasteiger partial charge in [-0.2, -0.15) is 0 Å². The van der Waals surface area contributed by atoms with Gasteiger partial charge in [0.05, 0.1) is 6.04 Å². The lowest BCUT2D eigenvalue weighted by atomic mass is 10.1. The van der Waals surface area contributed by atoms with Gasteiger partial charge in [-0.15, -0.1) is 11.3 Å². The van der Waals surface area contributed by atoms with Gasteiger partial charge in [-0.3, -0.25) is 5.84 Å². The van der Waals surface area contributed by atoms with Gasteiger partial charge in [0.15, 0.2) is 0 Å². The van der Waals surface area contributed by atoms with E-state index in [4.69, 9.17) is 22.2 Å². The SMILES string of the molecule is Cc1cc(C(COc2cccc(Cl)c2)NN)cs1. The number of hydrogen-bond acceptors (Lipinski definition) is 4. The quantitative estimate of drug-likeness (QED) is 0.653. The topological polar surface area (TPSA) is 47.3 Å². The molecule has 5 heteroatoms. The van der Waals surface area contributed by atoms with Gasteiger partial charge in [0.1, 0.15) is 12.4 Å². The Kier molecular flexibility index (Phi) is 4.60. The molecule has 1 atom stereocenters. The lowest BCUT2D eigenvalue weighted by molar-refractivity contribution is 0.268. The summed E-state index contributed by atoms with van der Waals surface area (Å²) >= 11 is 7.60. The predicted molar refractivity (Wildman–Crippen MR) is 76.1 cm³/mol. The molecule has 0 fully saturated rings. The number of thiophene rings is 1. The molecule has 0 aliphatic carbocycles. The zero-order chi connectivity index (χ0) is 13.0. The van der Waals surface area contributed by atoms with Crippen molar-refractivity contribution < 1.29 is 4.74 Å². The van der Waals surface area contributed by atoms with E-state index in [1.165, 1.54) is 4.88 Å². The minimum absolute atomic E-state index is 0.0195. The molecule has 0 aliphatic rings. The van der Waals surface area contributed by atoms with Gasteiger partial charge in [0, 0.05) is 9.90 Å². The van der Waals surface area contributed by atoms with Crippen LogP contribution in [0.15, 0.2) is 35.7 Å². The lowest BCUT2D eigenvalue weighted by Crippen LogP contribution is -2.32. The molecule has 96 valence electrons. The van der Waals surface area contributed by atoms with E-state index in [1.54, 1.807) is 17.4 Å². The molecule has 2 rings (SSSR count). The van der Waals surface area contributed by atoms with E-state index in [2.05, 4.69) is 23.8 Å². The van der Waals surface area contributed by atoms with Crippen molar-refractivity contribution in [3.05, 3.63) is 51.2 Å². The third-order valence-electron chi connectivity index (χ3n) is 2.57. The van der Waals surface area contributed by atoms with Crippen molar-refractivity contribution in [2.75, 3.05) is 6.61 Å². The first-order valence-electron chi connectivity index (χ1n) is 5.58. The van der Waals surface area contributed by atoms with Gasteiger partial charge in [0.25, 0.3) is 0 Å². The van der Waals surface area contributed by atoms with Crippen molar-refractivity contribution in [2.45, 2.75) is 13.0 Å². The second-order valence-electron chi connectivity index (χ2n) is 3.98. The van der Waals surface area contributed by atoms with E-state index in [1.807, 2.05) is 18.2 Å². The average Bonchev–Trinajstić information content (AvgIpc) is 2.77. The van der Waals surface area contributed by atoms with Gasteiger partial charge in [0.2, 0.25) is 0 Å². The number of ether oxygens (including phenoxy) is 1. The number of hydrogen-bond donors (Lipinski definition) is 2. The molecule has 0 spiro atoms. The summed E-state index contributed by atoms with van der Waals surface area (Å²) in [6, 6.07) is 9.42. The highest BCUT2D eigenvalue weighted by molar-refractivity contribution is 7.10. The summed E-state index contributed by atoms with van der Waals surface area (Å²) in [6.07, 6.45) is 0. The van der Waals surface area contributed by atoms with Crippen LogP contribution in [0.5, 0.6) is 5.75 Å². The third-order valence-corrected chi connectivity index (χ3v) is 3.68. The molecular formula is C13H15ClN2OS. The van der Waals surface area contributed by atoms with Crippen molar-refractivity contribution in [2.24, 2.45) is 5.84 Å². The maximum Gasteiger partial charge on any atom is 0.120 e. The highest BCUT2D eigenvalue weighted by atomic mass is 35.5. The number of aryl methyl sites for hydroxylation is 1. The van der Waals surface area contributed by atoms with E-state index < -0.39 is 0 Å². The number of hydrazine groups is 1. The first kappa shape index (κ1) is 13.4. The van der Waals surface area contributed by atoms with Crippen molar-refractivity contribution >= 4 is 22.9 Å². The van der Waals surface area contributed by atoms with Gasteiger partial charge < -0.3 is 4.74 Å². The largest absolute Gasteiger partial charge is 0.492 e. The van der Waals surface area contributed by atoms with E-state index in [9.17, 15) is 0 Å². The van der Waals surface area contributed by atoms with Crippen LogP contribution >= 0.6 is 22.9 Å². The highest BCUT2D eigenvalue weighted by Gasteiger charge is 2.12. The molecule has 0 amide bonds. The Morgan fingerprint density at radius 3 is 2.89 bits per heavy atom. The van der Waals surface area contributed by atoms with Crippen LogP contribution in [0.25, 0.3) is 0 Å². The molecule has 3 nitrogen and oxygen atoms in total. The molecule has 18 heavy (non-hydrogen) atoms. The summed E-state index contributed by atoms with van der Waals surface area (Å²) in [6.45, 7) is 2.53. The Bertz CT molecular complexity index is 515. The molecule has 3 N–H and O–H groups in total. The molecule has 0 aliphatic heterocycles. The minimum atomic E-state index is -0.0195. The fraction of sp³-hybridized carbons (Fsp3) is 0.231. The highest BCUT2D eigenvalue weighted by Crippen LogP contribution is 2.22. The summed E-state index contributed by atoms with van der Waals surface area (Å²) in [5, 5.41) is 2.75. The maximum absolute atomic E-state index is 5.90. The minimum Gasteiger partial charge on any atom is -0.492 e. The predicted octanol–water partition coefficient (Wildman–Crippen LogP) is 3.29. The fourth-order valence-corrected chi connectivity index (χ4v) is 2.56. The average molecular weight is 283 g/mol. The molecule has 0 radical (unpaired) electrons. The van der Waals surface area contributed by atoms with Crippen molar-refractivity contribution in [1.82, 2.24) is 5.43 Å². The summed E-state index contributed by atoms with van der Waals surface area (Å²) in [5.74, 6) is 6.30. The zero-order valence-corrected chi connectivity index (χ0v) is 11.6. The standard InChI is InChI=1S/C13H15ClN2OS/c1-9-5-10(8-18-9)13(16-15)7-17-12-4-2-3-11(14)6-12/h2-6,8,13,16H,7,15H2,1H3. The van der Waals surface area contributed by atoms with Crippen LogP contribution in [0, 0.1) is 6.92 Å². The van der Waals surface area contributed by atoms with Gasteiger partial charge in [-0.1, -0.05) is 17.7 Å². The Labute approximate surface area is 116 Å². The van der Waals surface area contributed by atoms with Gasteiger partial charge in [-0.05, 0) is 42.1 Å². The number of nitrogens with two attached hydrogens (primary N) is 1. The molecule has 1 unspecified atom stereocenters. The molecule has 1 heterocycles. The number of halogens is 1. The van der Waals surface area contributed by atoms with Crippen LogP contribution in [0.3, 0.4) is 0 Å². The first-order valence-corrected chi connectivity index (χ1v) is 6.84. The van der Waals surface area contributed by atoms with Crippen LogP contribution in [0.2, 0.25) is 5.02 Å². The number of nitrogens with one attached hydrogen (secondary N) is 1. The Morgan fingerprint density at radius 1 is 1.44 bits per heavy atom. The normalized spacial score (nSPS) is 12.4. The molecule has 0 saturated carbocycles. The van der Waals surface area contributed by atoms with Gasteiger partial charge >= 0.3 is 0 Å². The van der Waals surface area contributed by atoms with Crippen LogP contribution in [0.1, 0.15) is 16.5 Å². The van der Waals surface area contributed by atoms with Crippen LogP contribution < -0.4 is 16.0 Å². The number of benzene rings is 1. The van der Waals surface area contributed by atoms with Crippen LogP contribution in [-0.2, 0) is 0 Å². The molecule has 2 aromatic rings. The first-order chi connectivity index (χ1) is 8.69. The smallest absolute Gasteiger partial charge is 0.120 e. The zero-order valence-electron chi connectivity index (χ0n) is 10.0. The lowest BCUT2D eigenvalue weighted by Gasteiger charge is -2.15. The molecular weight excluding hydrogens is 268 g/mol. The molecule has 1 aromatic carbocycles. The van der Waals surface area contributed by atoms with Crippen molar-refractivity contribution in [3.63, 3.8) is 0 Å². The summed E-state index contributed by atoms with van der Waals surface area (Å²) < 4.78 is 5.68. The van der Waals surface area contributed by atoms with Gasteiger partial charge in [-0.25, -0.2) is 5.43 Å². The fourth-order valence-electron chi connectivity index (χ4n) is 1.62. The van der Waals surface area contributed by atoms with Crippen molar-refractivity contribution in [1.29, 1.82) is 0 Å². The molecule has 0 saturated heterocycles. The maximum atomic E-state index is 5.90. The van der Waals surface area contributed by atoms with E-state index in [0.29, 0.717) is 11.6 Å². The summed E-state index contributed by atoms with van der Waals surface area (Å²) in [7, 11) is 0. The summed E-state index contributed by atoms with van der Waals surface area (Å²) in [5.41, 5.74) is 3.91. The van der Waals surface area contributed by atoms with Crippen LogP contribution in [0.4, 0.5) is 0 Å². The van der Waals surface area contributed by atoms with Crippen LogP contribution in [-0.4, -0.2) is 6.61 Å².